The van der Waals surface area contributed by atoms with Gasteiger partial charge < -0.3 is 10.0 Å². The normalized spacial score (nSPS) is 25.5. The quantitative estimate of drug-likeness (QED) is 0.831. The van der Waals surface area contributed by atoms with Gasteiger partial charge in [-0.2, -0.15) is 11.8 Å². The van der Waals surface area contributed by atoms with E-state index in [1.165, 1.54) is 0 Å². The van der Waals surface area contributed by atoms with Crippen molar-refractivity contribution in [1.82, 2.24) is 4.90 Å². The van der Waals surface area contributed by atoms with Crippen LogP contribution in [0.1, 0.15) is 27.2 Å². The smallest absolute Gasteiger partial charge is 0.311 e. The molecule has 1 saturated heterocycles. The summed E-state index contributed by atoms with van der Waals surface area (Å²) in [6.07, 6.45) is 2.54. The molecule has 1 rings (SSSR count). The average molecular weight is 273 g/mol. The van der Waals surface area contributed by atoms with Crippen LogP contribution in [-0.4, -0.2) is 47.0 Å². The van der Waals surface area contributed by atoms with Crippen LogP contribution in [0.25, 0.3) is 0 Å². The van der Waals surface area contributed by atoms with E-state index in [2.05, 4.69) is 0 Å². The summed E-state index contributed by atoms with van der Waals surface area (Å²) in [6, 6.07) is 0. The molecule has 0 aromatic heterocycles. The van der Waals surface area contributed by atoms with Gasteiger partial charge in [0.1, 0.15) is 0 Å². The van der Waals surface area contributed by atoms with Crippen molar-refractivity contribution < 1.29 is 14.7 Å². The van der Waals surface area contributed by atoms with Gasteiger partial charge in [0.25, 0.3) is 0 Å². The summed E-state index contributed by atoms with van der Waals surface area (Å²) in [7, 11) is 0. The summed E-state index contributed by atoms with van der Waals surface area (Å²) in [4.78, 5) is 25.4. The standard InChI is InChI=1S/C13H23NO3S/c1-9(2)13(12(16)17)5-6-14(8-13)11(15)10(3)7-18-4/h9-10H,5-8H2,1-4H3,(H,16,17). The zero-order valence-electron chi connectivity index (χ0n) is 11.6. The van der Waals surface area contributed by atoms with E-state index in [0.29, 0.717) is 19.5 Å². The Labute approximate surface area is 113 Å². The van der Waals surface area contributed by atoms with E-state index in [9.17, 15) is 14.7 Å². The summed E-state index contributed by atoms with van der Waals surface area (Å²) in [5, 5.41) is 9.43. The van der Waals surface area contributed by atoms with Crippen LogP contribution in [0.15, 0.2) is 0 Å². The van der Waals surface area contributed by atoms with E-state index in [-0.39, 0.29) is 17.7 Å². The van der Waals surface area contributed by atoms with E-state index in [4.69, 9.17) is 0 Å². The number of rotatable bonds is 5. The van der Waals surface area contributed by atoms with Crippen LogP contribution in [0.4, 0.5) is 0 Å². The van der Waals surface area contributed by atoms with Crippen molar-refractivity contribution >= 4 is 23.6 Å². The molecule has 0 aromatic rings. The van der Waals surface area contributed by atoms with Gasteiger partial charge in [-0.05, 0) is 18.6 Å². The number of carboxylic acid groups (broad SMARTS) is 1. The molecule has 1 aliphatic rings. The molecule has 0 aromatic carbocycles. The Morgan fingerprint density at radius 1 is 1.39 bits per heavy atom. The highest BCUT2D eigenvalue weighted by atomic mass is 32.2. The number of nitrogens with zero attached hydrogens (tertiary/aromatic N) is 1. The third kappa shape index (κ3) is 2.82. The molecule has 104 valence electrons. The van der Waals surface area contributed by atoms with Gasteiger partial charge in [0.2, 0.25) is 5.91 Å². The molecular weight excluding hydrogens is 250 g/mol. The zero-order chi connectivity index (χ0) is 13.9. The third-order valence-electron chi connectivity index (χ3n) is 3.98. The molecule has 18 heavy (non-hydrogen) atoms. The number of carbonyl (C=O) groups excluding carboxylic acids is 1. The minimum Gasteiger partial charge on any atom is -0.481 e. The number of aliphatic carboxylic acids is 1. The van der Waals surface area contributed by atoms with Crippen molar-refractivity contribution in [2.45, 2.75) is 27.2 Å². The molecule has 2 unspecified atom stereocenters. The SMILES string of the molecule is CSCC(C)C(=O)N1CCC(C(=O)O)(C(C)C)C1. The average Bonchev–Trinajstić information content (AvgIpc) is 2.74. The maximum atomic E-state index is 12.2. The number of likely N-dealkylation sites (tertiary alicyclic amines) is 1. The second-order valence-corrected chi connectivity index (χ2v) is 6.39. The number of amides is 1. The first-order valence-electron chi connectivity index (χ1n) is 6.36. The van der Waals surface area contributed by atoms with Gasteiger partial charge in [-0.15, -0.1) is 0 Å². The van der Waals surface area contributed by atoms with Crippen LogP contribution in [-0.2, 0) is 9.59 Å². The molecule has 1 amide bonds. The molecule has 1 fully saturated rings. The van der Waals surface area contributed by atoms with E-state index < -0.39 is 11.4 Å². The number of hydrogen-bond donors (Lipinski definition) is 1. The van der Waals surface area contributed by atoms with Gasteiger partial charge in [-0.3, -0.25) is 9.59 Å². The molecule has 1 aliphatic heterocycles. The van der Waals surface area contributed by atoms with Crippen molar-refractivity contribution in [1.29, 1.82) is 0 Å². The Hall–Kier alpha value is -0.710. The molecule has 0 spiro atoms. The minimum atomic E-state index is -0.773. The second kappa shape index (κ2) is 5.95. The monoisotopic (exact) mass is 273 g/mol. The summed E-state index contributed by atoms with van der Waals surface area (Å²) < 4.78 is 0. The first-order valence-corrected chi connectivity index (χ1v) is 7.75. The van der Waals surface area contributed by atoms with E-state index in [1.807, 2.05) is 27.0 Å². The molecular formula is C13H23NO3S. The lowest BCUT2D eigenvalue weighted by Gasteiger charge is -2.29. The molecule has 0 bridgehead atoms. The zero-order valence-corrected chi connectivity index (χ0v) is 12.4. The van der Waals surface area contributed by atoms with Crippen molar-refractivity contribution in [3.63, 3.8) is 0 Å². The maximum absolute atomic E-state index is 12.2. The predicted molar refractivity (Wildman–Crippen MR) is 73.6 cm³/mol. The fourth-order valence-electron chi connectivity index (χ4n) is 2.55. The van der Waals surface area contributed by atoms with E-state index >= 15 is 0 Å². The Morgan fingerprint density at radius 3 is 2.39 bits per heavy atom. The Kier molecular flexibility index (Phi) is 5.08. The van der Waals surface area contributed by atoms with Crippen LogP contribution < -0.4 is 0 Å². The molecule has 5 heteroatoms. The molecule has 0 aliphatic carbocycles. The van der Waals surface area contributed by atoms with Gasteiger partial charge >= 0.3 is 5.97 Å². The van der Waals surface area contributed by atoms with Crippen LogP contribution >= 0.6 is 11.8 Å². The highest BCUT2D eigenvalue weighted by Crippen LogP contribution is 2.38. The van der Waals surface area contributed by atoms with Crippen LogP contribution in [0.2, 0.25) is 0 Å². The van der Waals surface area contributed by atoms with Gasteiger partial charge in [-0.1, -0.05) is 20.8 Å². The van der Waals surface area contributed by atoms with Gasteiger partial charge in [0.15, 0.2) is 0 Å². The minimum absolute atomic E-state index is 0.0308. The summed E-state index contributed by atoms with van der Waals surface area (Å²) in [5.41, 5.74) is -0.755. The molecule has 1 heterocycles. The van der Waals surface area contributed by atoms with E-state index in [1.54, 1.807) is 16.7 Å². The number of carbonyl (C=O) groups is 2. The fraction of sp³-hybridized carbons (Fsp3) is 0.846. The molecule has 0 radical (unpaired) electrons. The molecule has 2 atom stereocenters. The Bertz CT molecular complexity index is 332. The summed E-state index contributed by atoms with van der Waals surface area (Å²) in [5.74, 6) is 0.121. The Balaban J connectivity index is 2.75. The lowest BCUT2D eigenvalue weighted by atomic mass is 9.76. The van der Waals surface area contributed by atoms with Crippen LogP contribution in [0.3, 0.4) is 0 Å². The first-order chi connectivity index (χ1) is 8.35. The van der Waals surface area contributed by atoms with Crippen LogP contribution in [0, 0.1) is 17.3 Å². The predicted octanol–water partition coefficient (Wildman–Crippen LogP) is 1.94. The molecule has 0 saturated carbocycles. The van der Waals surface area contributed by atoms with E-state index in [0.717, 1.165) is 5.75 Å². The number of carboxylic acids is 1. The lowest BCUT2D eigenvalue weighted by molar-refractivity contribution is -0.151. The van der Waals surface area contributed by atoms with Crippen molar-refractivity contribution in [3.8, 4) is 0 Å². The van der Waals surface area contributed by atoms with Gasteiger partial charge in [0.05, 0.1) is 5.41 Å². The highest BCUT2D eigenvalue weighted by Gasteiger charge is 2.48. The molecule has 4 nitrogen and oxygen atoms in total. The van der Waals surface area contributed by atoms with Crippen molar-refractivity contribution in [3.05, 3.63) is 0 Å². The lowest BCUT2D eigenvalue weighted by Crippen LogP contribution is -2.42. The van der Waals surface area contributed by atoms with Crippen molar-refractivity contribution in [2.75, 3.05) is 25.1 Å². The largest absolute Gasteiger partial charge is 0.481 e. The van der Waals surface area contributed by atoms with Crippen LogP contribution in [0.5, 0.6) is 0 Å². The topological polar surface area (TPSA) is 57.6 Å². The second-order valence-electron chi connectivity index (χ2n) is 5.48. The Morgan fingerprint density at radius 2 is 2.00 bits per heavy atom. The third-order valence-corrected chi connectivity index (χ3v) is 4.82. The first kappa shape index (κ1) is 15.3. The maximum Gasteiger partial charge on any atom is 0.311 e. The van der Waals surface area contributed by atoms with Crippen molar-refractivity contribution in [2.24, 2.45) is 17.3 Å². The van der Waals surface area contributed by atoms with Gasteiger partial charge in [-0.25, -0.2) is 0 Å². The summed E-state index contributed by atoms with van der Waals surface area (Å²) in [6.45, 7) is 6.69. The molecule has 1 N–H and O–H groups in total. The highest BCUT2D eigenvalue weighted by molar-refractivity contribution is 7.98. The number of hydrogen-bond acceptors (Lipinski definition) is 3. The summed E-state index contributed by atoms with van der Waals surface area (Å²) >= 11 is 1.65. The fourth-order valence-corrected chi connectivity index (χ4v) is 3.19. The number of thioether (sulfide) groups is 1. The van der Waals surface area contributed by atoms with Gasteiger partial charge in [0, 0.05) is 24.8 Å².